The van der Waals surface area contributed by atoms with Gasteiger partial charge in [-0.05, 0) is 42.0 Å². The number of halogens is 4. The summed E-state index contributed by atoms with van der Waals surface area (Å²) < 4.78 is 51.3. The van der Waals surface area contributed by atoms with Crippen LogP contribution < -0.4 is 5.32 Å². The third-order valence-electron chi connectivity index (χ3n) is 4.32. The van der Waals surface area contributed by atoms with Gasteiger partial charge in [-0.25, -0.2) is 4.39 Å². The molecule has 27 heavy (non-hydrogen) atoms. The number of carbonyl (C=O) groups excluding carboxylic acids is 2. The molecular formula is C19H16F4N2O2. The Bertz CT molecular complexity index is 850. The van der Waals surface area contributed by atoms with E-state index in [0.29, 0.717) is 11.3 Å². The van der Waals surface area contributed by atoms with E-state index in [1.165, 1.54) is 41.3 Å². The summed E-state index contributed by atoms with van der Waals surface area (Å²) in [6.45, 7) is 0.116. The number of nitrogens with one attached hydrogen (secondary N) is 1. The summed E-state index contributed by atoms with van der Waals surface area (Å²) >= 11 is 0. The Morgan fingerprint density at radius 2 is 1.85 bits per heavy atom. The summed E-state index contributed by atoms with van der Waals surface area (Å²) in [5.41, 5.74) is -0.0276. The van der Waals surface area contributed by atoms with Crippen LogP contribution in [0.3, 0.4) is 0 Å². The van der Waals surface area contributed by atoms with Crippen LogP contribution in [-0.4, -0.2) is 23.3 Å². The summed E-state index contributed by atoms with van der Waals surface area (Å²) in [6, 6.07) is 9.98. The van der Waals surface area contributed by atoms with Gasteiger partial charge in [0, 0.05) is 25.2 Å². The highest BCUT2D eigenvalue weighted by Gasteiger charge is 2.35. The molecule has 0 saturated carbocycles. The largest absolute Gasteiger partial charge is 0.416 e. The van der Waals surface area contributed by atoms with Gasteiger partial charge in [0.15, 0.2) is 0 Å². The number of hydrogen-bond acceptors (Lipinski definition) is 2. The van der Waals surface area contributed by atoms with Crippen LogP contribution in [0.4, 0.5) is 23.2 Å². The lowest BCUT2D eigenvalue weighted by Crippen LogP contribution is -2.28. The standard InChI is InChI=1S/C19H16F4N2O2/c20-15-4-6-16(7-5-15)24-18(27)13-9-17(26)25(11-13)10-12-2-1-3-14(8-12)19(21,22)23/h1-8,13H,9-11H2,(H,24,27). The minimum atomic E-state index is -4.46. The lowest BCUT2D eigenvalue weighted by Gasteiger charge is -2.17. The van der Waals surface area contributed by atoms with Gasteiger partial charge in [0.2, 0.25) is 11.8 Å². The number of rotatable bonds is 4. The number of alkyl halides is 3. The molecule has 2 aromatic rings. The first-order valence-corrected chi connectivity index (χ1v) is 8.23. The average molecular weight is 380 g/mol. The van der Waals surface area contributed by atoms with Gasteiger partial charge in [0.25, 0.3) is 0 Å². The topological polar surface area (TPSA) is 49.4 Å². The van der Waals surface area contributed by atoms with Crippen LogP contribution in [0.5, 0.6) is 0 Å². The summed E-state index contributed by atoms with van der Waals surface area (Å²) in [6.07, 6.45) is -4.48. The number of likely N-dealkylation sites (tertiary alicyclic amines) is 1. The second-order valence-electron chi connectivity index (χ2n) is 6.37. The molecule has 0 bridgehead atoms. The Kier molecular flexibility index (Phi) is 5.16. The number of benzene rings is 2. The zero-order chi connectivity index (χ0) is 19.6. The summed E-state index contributed by atoms with van der Waals surface area (Å²) in [5.74, 6) is -1.74. The quantitative estimate of drug-likeness (QED) is 0.820. The fraction of sp³-hybridized carbons (Fsp3) is 0.263. The van der Waals surface area contributed by atoms with Crippen molar-refractivity contribution >= 4 is 17.5 Å². The molecule has 1 aliphatic rings. The van der Waals surface area contributed by atoms with Gasteiger partial charge in [-0.15, -0.1) is 0 Å². The van der Waals surface area contributed by atoms with E-state index in [0.717, 1.165) is 12.1 Å². The molecule has 1 N–H and O–H groups in total. The Morgan fingerprint density at radius 3 is 2.52 bits per heavy atom. The summed E-state index contributed by atoms with van der Waals surface area (Å²) in [5, 5.41) is 2.61. The van der Waals surface area contributed by atoms with Crippen molar-refractivity contribution < 1.29 is 27.2 Å². The normalized spacial score (nSPS) is 17.3. The molecule has 1 saturated heterocycles. The van der Waals surface area contributed by atoms with Gasteiger partial charge in [-0.3, -0.25) is 9.59 Å². The van der Waals surface area contributed by atoms with E-state index in [-0.39, 0.29) is 31.3 Å². The van der Waals surface area contributed by atoms with Gasteiger partial charge in [-0.2, -0.15) is 13.2 Å². The van der Waals surface area contributed by atoms with Gasteiger partial charge in [0.05, 0.1) is 11.5 Å². The molecule has 8 heteroatoms. The second kappa shape index (κ2) is 7.38. The Hall–Kier alpha value is -2.90. The third-order valence-corrected chi connectivity index (χ3v) is 4.32. The maximum atomic E-state index is 12.9. The molecule has 4 nitrogen and oxygen atoms in total. The van der Waals surface area contributed by atoms with Crippen molar-refractivity contribution in [2.75, 3.05) is 11.9 Å². The van der Waals surface area contributed by atoms with Crippen LogP contribution in [0.15, 0.2) is 48.5 Å². The maximum absolute atomic E-state index is 12.9. The van der Waals surface area contributed by atoms with Gasteiger partial charge < -0.3 is 10.2 Å². The Labute approximate surface area is 152 Å². The van der Waals surface area contributed by atoms with Gasteiger partial charge in [-0.1, -0.05) is 12.1 Å². The fourth-order valence-corrected chi connectivity index (χ4v) is 2.94. The van der Waals surface area contributed by atoms with Crippen LogP contribution in [-0.2, 0) is 22.3 Å². The van der Waals surface area contributed by atoms with Crippen molar-refractivity contribution in [2.45, 2.75) is 19.1 Å². The number of anilines is 1. The van der Waals surface area contributed by atoms with Crippen LogP contribution in [0, 0.1) is 11.7 Å². The van der Waals surface area contributed by atoms with E-state index in [9.17, 15) is 27.2 Å². The first-order chi connectivity index (χ1) is 12.7. The highest BCUT2D eigenvalue weighted by atomic mass is 19.4. The first kappa shape index (κ1) is 18.9. The molecule has 0 aliphatic carbocycles. The second-order valence-corrected chi connectivity index (χ2v) is 6.37. The van der Waals surface area contributed by atoms with Crippen LogP contribution in [0.2, 0.25) is 0 Å². The molecule has 2 amide bonds. The molecule has 0 spiro atoms. The highest BCUT2D eigenvalue weighted by molar-refractivity contribution is 5.97. The SMILES string of the molecule is O=C(Nc1ccc(F)cc1)C1CC(=O)N(Cc2cccc(C(F)(F)F)c2)C1. The summed E-state index contributed by atoms with van der Waals surface area (Å²) in [4.78, 5) is 25.8. The van der Waals surface area contributed by atoms with Crippen molar-refractivity contribution in [1.29, 1.82) is 0 Å². The number of nitrogens with zero attached hydrogens (tertiary/aromatic N) is 1. The molecule has 2 aromatic carbocycles. The molecule has 1 unspecified atom stereocenters. The monoisotopic (exact) mass is 380 g/mol. The molecule has 142 valence electrons. The van der Waals surface area contributed by atoms with E-state index in [1.54, 1.807) is 0 Å². The smallest absolute Gasteiger partial charge is 0.338 e. The average Bonchev–Trinajstić information content (AvgIpc) is 2.97. The third kappa shape index (κ3) is 4.64. The molecule has 1 fully saturated rings. The number of carbonyl (C=O) groups is 2. The molecule has 1 atom stereocenters. The Morgan fingerprint density at radius 1 is 1.15 bits per heavy atom. The van der Waals surface area contributed by atoms with Crippen molar-refractivity contribution in [1.82, 2.24) is 4.90 Å². The molecule has 1 heterocycles. The van der Waals surface area contributed by atoms with Gasteiger partial charge >= 0.3 is 6.18 Å². The van der Waals surface area contributed by atoms with Crippen LogP contribution in [0.25, 0.3) is 0 Å². The van der Waals surface area contributed by atoms with E-state index >= 15 is 0 Å². The lowest BCUT2D eigenvalue weighted by molar-refractivity contribution is -0.137. The molecular weight excluding hydrogens is 364 g/mol. The van der Waals surface area contributed by atoms with E-state index in [1.807, 2.05) is 0 Å². The minimum Gasteiger partial charge on any atom is -0.338 e. The van der Waals surface area contributed by atoms with E-state index < -0.39 is 23.5 Å². The zero-order valence-corrected chi connectivity index (χ0v) is 14.1. The predicted octanol–water partition coefficient (Wildman–Crippen LogP) is 3.83. The molecule has 0 aromatic heterocycles. The summed E-state index contributed by atoms with van der Waals surface area (Å²) in [7, 11) is 0. The van der Waals surface area contributed by atoms with Crippen LogP contribution in [0.1, 0.15) is 17.5 Å². The minimum absolute atomic E-state index is 0.00306. The van der Waals surface area contributed by atoms with Crippen molar-refractivity contribution in [3.63, 3.8) is 0 Å². The Balaban J connectivity index is 1.63. The van der Waals surface area contributed by atoms with E-state index in [2.05, 4.69) is 5.32 Å². The number of hydrogen-bond donors (Lipinski definition) is 1. The number of amides is 2. The predicted molar refractivity (Wildman–Crippen MR) is 90.0 cm³/mol. The van der Waals surface area contributed by atoms with Crippen LogP contribution >= 0.6 is 0 Å². The first-order valence-electron chi connectivity index (χ1n) is 8.23. The van der Waals surface area contributed by atoms with E-state index in [4.69, 9.17) is 0 Å². The molecule has 0 radical (unpaired) electrons. The highest BCUT2D eigenvalue weighted by Crippen LogP contribution is 2.30. The van der Waals surface area contributed by atoms with Crippen molar-refractivity contribution in [2.24, 2.45) is 5.92 Å². The fourth-order valence-electron chi connectivity index (χ4n) is 2.94. The zero-order valence-electron chi connectivity index (χ0n) is 14.1. The molecule has 1 aliphatic heterocycles. The van der Waals surface area contributed by atoms with Gasteiger partial charge in [0.1, 0.15) is 5.82 Å². The lowest BCUT2D eigenvalue weighted by atomic mass is 10.1. The molecule has 3 rings (SSSR count). The van der Waals surface area contributed by atoms with Crippen molar-refractivity contribution in [3.05, 3.63) is 65.5 Å². The van der Waals surface area contributed by atoms with Crippen molar-refractivity contribution in [3.8, 4) is 0 Å². The maximum Gasteiger partial charge on any atom is 0.416 e.